The summed E-state index contributed by atoms with van der Waals surface area (Å²) in [5.74, 6) is -0.282. The Labute approximate surface area is 164 Å². The molecule has 2 N–H and O–H groups in total. The largest absolute Gasteiger partial charge is 0.348 e. The van der Waals surface area contributed by atoms with Gasteiger partial charge in [-0.1, -0.05) is 24.3 Å². The van der Waals surface area contributed by atoms with Crippen molar-refractivity contribution < 1.29 is 13.2 Å². The number of benzene rings is 2. The highest BCUT2D eigenvalue weighted by Crippen LogP contribution is 2.23. The Morgan fingerprint density at radius 2 is 1.64 bits per heavy atom. The zero-order chi connectivity index (χ0) is 20.1. The zero-order valence-electron chi connectivity index (χ0n) is 15.6. The Morgan fingerprint density at radius 3 is 2.25 bits per heavy atom. The third kappa shape index (κ3) is 4.55. The number of hydrogen-bond acceptors (Lipinski definition) is 4. The topological polar surface area (TPSA) is 88.2 Å². The highest BCUT2D eigenvalue weighted by atomic mass is 32.2. The van der Waals surface area contributed by atoms with Gasteiger partial charge in [-0.15, -0.1) is 0 Å². The maximum absolute atomic E-state index is 12.7. The van der Waals surface area contributed by atoms with Gasteiger partial charge in [0, 0.05) is 24.5 Å². The third-order valence-electron chi connectivity index (χ3n) is 4.32. The number of nitrogens with one attached hydrogen (secondary N) is 2. The van der Waals surface area contributed by atoms with E-state index in [-0.39, 0.29) is 10.8 Å². The molecule has 0 aliphatic carbocycles. The van der Waals surface area contributed by atoms with Gasteiger partial charge in [-0.2, -0.15) is 0 Å². The van der Waals surface area contributed by atoms with Crippen molar-refractivity contribution in [1.29, 1.82) is 0 Å². The van der Waals surface area contributed by atoms with Gasteiger partial charge in [0.2, 0.25) is 0 Å². The van der Waals surface area contributed by atoms with Crippen molar-refractivity contribution >= 4 is 21.6 Å². The highest BCUT2D eigenvalue weighted by Gasteiger charge is 2.17. The second-order valence-corrected chi connectivity index (χ2v) is 8.12. The van der Waals surface area contributed by atoms with E-state index in [0.717, 1.165) is 16.7 Å². The van der Waals surface area contributed by atoms with Crippen LogP contribution in [0.3, 0.4) is 0 Å². The lowest BCUT2D eigenvalue weighted by molar-refractivity contribution is 0.0951. The minimum atomic E-state index is -3.75. The van der Waals surface area contributed by atoms with Crippen LogP contribution >= 0.6 is 0 Å². The van der Waals surface area contributed by atoms with E-state index in [2.05, 4.69) is 15.0 Å². The number of carbonyl (C=O) groups excluding carboxylic acids is 1. The van der Waals surface area contributed by atoms with Crippen LogP contribution in [0.15, 0.2) is 71.9 Å². The fourth-order valence-corrected chi connectivity index (χ4v) is 3.94. The lowest BCUT2D eigenvalue weighted by Gasteiger charge is -2.13. The van der Waals surface area contributed by atoms with Crippen LogP contribution in [0.1, 0.15) is 27.0 Å². The molecule has 3 rings (SSSR count). The molecule has 0 spiro atoms. The average molecular weight is 395 g/mol. The molecule has 0 unspecified atom stereocenters. The molecule has 0 radical (unpaired) electrons. The Hall–Kier alpha value is -3.19. The molecule has 2 aromatic carbocycles. The number of para-hydroxylation sites is 1. The minimum Gasteiger partial charge on any atom is -0.348 e. The van der Waals surface area contributed by atoms with Crippen molar-refractivity contribution in [3.63, 3.8) is 0 Å². The second-order valence-electron chi connectivity index (χ2n) is 6.44. The van der Waals surface area contributed by atoms with Crippen molar-refractivity contribution in [2.45, 2.75) is 25.3 Å². The smallest absolute Gasteiger partial charge is 0.261 e. The number of aryl methyl sites for hydroxylation is 2. The summed E-state index contributed by atoms with van der Waals surface area (Å²) in [6.45, 7) is 4.04. The summed E-state index contributed by atoms with van der Waals surface area (Å²) in [6.07, 6.45) is 3.34. The second kappa shape index (κ2) is 8.22. The summed E-state index contributed by atoms with van der Waals surface area (Å²) in [5.41, 5.74) is 3.52. The quantitative estimate of drug-likeness (QED) is 0.669. The van der Waals surface area contributed by atoms with E-state index in [1.54, 1.807) is 18.5 Å². The van der Waals surface area contributed by atoms with Crippen LogP contribution in [0.5, 0.6) is 0 Å². The number of sulfonamides is 1. The Bertz CT molecular complexity index is 1060. The molecule has 0 saturated heterocycles. The fraction of sp³-hybridized carbons (Fsp3) is 0.143. The molecule has 3 aromatic rings. The summed E-state index contributed by atoms with van der Waals surface area (Å²) >= 11 is 0. The molecule has 7 heteroatoms. The van der Waals surface area contributed by atoms with Crippen molar-refractivity contribution in [1.82, 2.24) is 10.3 Å². The third-order valence-corrected chi connectivity index (χ3v) is 5.69. The van der Waals surface area contributed by atoms with Crippen molar-refractivity contribution in [2.75, 3.05) is 4.72 Å². The van der Waals surface area contributed by atoms with Gasteiger partial charge in [0.1, 0.15) is 0 Å². The normalized spacial score (nSPS) is 11.1. The molecule has 0 bridgehead atoms. The number of rotatable bonds is 6. The first-order chi connectivity index (χ1) is 13.4. The maximum Gasteiger partial charge on any atom is 0.261 e. The minimum absolute atomic E-state index is 0.0963. The number of aromatic nitrogens is 1. The van der Waals surface area contributed by atoms with Gasteiger partial charge in [-0.25, -0.2) is 8.42 Å². The van der Waals surface area contributed by atoms with Crippen molar-refractivity contribution in [3.05, 3.63) is 89.2 Å². The highest BCUT2D eigenvalue weighted by molar-refractivity contribution is 7.92. The maximum atomic E-state index is 12.7. The van der Waals surface area contributed by atoms with E-state index >= 15 is 0 Å². The van der Waals surface area contributed by atoms with E-state index in [9.17, 15) is 13.2 Å². The molecule has 1 amide bonds. The van der Waals surface area contributed by atoms with Crippen LogP contribution in [0.4, 0.5) is 5.69 Å². The molecule has 6 nitrogen and oxygen atoms in total. The van der Waals surface area contributed by atoms with E-state index < -0.39 is 10.0 Å². The fourth-order valence-electron chi connectivity index (χ4n) is 2.74. The number of carbonyl (C=O) groups is 1. The summed E-state index contributed by atoms with van der Waals surface area (Å²) in [4.78, 5) is 16.4. The molecule has 1 heterocycles. The molecule has 0 fully saturated rings. The van der Waals surface area contributed by atoms with Crippen LogP contribution in [-0.4, -0.2) is 19.3 Å². The lowest BCUT2D eigenvalue weighted by Crippen LogP contribution is -2.23. The van der Waals surface area contributed by atoms with Gasteiger partial charge in [-0.05, 0) is 60.9 Å². The molecule has 28 heavy (non-hydrogen) atoms. The van der Waals surface area contributed by atoms with Crippen LogP contribution in [0.2, 0.25) is 0 Å². The van der Waals surface area contributed by atoms with Crippen molar-refractivity contribution in [2.24, 2.45) is 0 Å². The van der Waals surface area contributed by atoms with E-state index in [1.807, 2.05) is 38.1 Å². The molecular weight excluding hydrogens is 374 g/mol. The van der Waals surface area contributed by atoms with Gasteiger partial charge in [0.15, 0.2) is 0 Å². The summed E-state index contributed by atoms with van der Waals surface area (Å²) in [7, 11) is -3.75. The van der Waals surface area contributed by atoms with Gasteiger partial charge in [-0.3, -0.25) is 14.5 Å². The summed E-state index contributed by atoms with van der Waals surface area (Å²) in [6, 6.07) is 15.1. The predicted molar refractivity (Wildman–Crippen MR) is 109 cm³/mol. The number of hydrogen-bond donors (Lipinski definition) is 2. The average Bonchev–Trinajstić information content (AvgIpc) is 2.70. The molecule has 0 atom stereocenters. The Balaban J connectivity index is 1.71. The number of amides is 1. The van der Waals surface area contributed by atoms with Gasteiger partial charge in [0.25, 0.3) is 15.9 Å². The standard InChI is InChI=1S/C21H21N3O3S/c1-15-5-3-6-16(2)20(15)24-28(26,27)19-10-8-18(9-11-19)21(25)23-14-17-7-4-12-22-13-17/h3-13,24H,14H2,1-2H3,(H,23,25). The summed E-state index contributed by atoms with van der Waals surface area (Å²) in [5, 5.41) is 2.78. The van der Waals surface area contributed by atoms with Crippen LogP contribution < -0.4 is 10.0 Å². The SMILES string of the molecule is Cc1cccc(C)c1NS(=O)(=O)c1ccc(C(=O)NCc2cccnc2)cc1. The molecule has 0 saturated carbocycles. The molecule has 0 aliphatic rings. The first kappa shape index (κ1) is 19.6. The number of pyridine rings is 1. The molecular formula is C21H21N3O3S. The first-order valence-corrected chi connectivity index (χ1v) is 10.2. The monoisotopic (exact) mass is 395 g/mol. The van der Waals surface area contributed by atoms with Gasteiger partial charge < -0.3 is 5.32 Å². The summed E-state index contributed by atoms with van der Waals surface area (Å²) < 4.78 is 28.0. The number of nitrogens with zero attached hydrogens (tertiary/aromatic N) is 1. The molecule has 0 aliphatic heterocycles. The van der Waals surface area contributed by atoms with Crippen LogP contribution in [0.25, 0.3) is 0 Å². The molecule has 1 aromatic heterocycles. The Kier molecular flexibility index (Phi) is 5.75. The van der Waals surface area contributed by atoms with E-state index in [0.29, 0.717) is 17.8 Å². The van der Waals surface area contributed by atoms with Crippen LogP contribution in [-0.2, 0) is 16.6 Å². The first-order valence-electron chi connectivity index (χ1n) is 8.73. The van der Waals surface area contributed by atoms with Gasteiger partial charge >= 0.3 is 0 Å². The van der Waals surface area contributed by atoms with Crippen LogP contribution in [0, 0.1) is 13.8 Å². The van der Waals surface area contributed by atoms with E-state index in [1.165, 1.54) is 24.3 Å². The Morgan fingerprint density at radius 1 is 0.964 bits per heavy atom. The predicted octanol–water partition coefficient (Wildman–Crippen LogP) is 3.43. The molecule has 144 valence electrons. The zero-order valence-corrected chi connectivity index (χ0v) is 16.5. The van der Waals surface area contributed by atoms with Gasteiger partial charge in [0.05, 0.1) is 10.6 Å². The lowest BCUT2D eigenvalue weighted by atomic mass is 10.1. The number of anilines is 1. The van der Waals surface area contributed by atoms with Crippen molar-refractivity contribution in [3.8, 4) is 0 Å². The van der Waals surface area contributed by atoms with E-state index in [4.69, 9.17) is 0 Å².